The minimum absolute atomic E-state index is 0.724. The molecule has 0 aliphatic heterocycles. The normalized spacial score (nSPS) is 10.8. The van der Waals surface area contributed by atoms with Crippen LogP contribution < -0.4 is 5.32 Å². The van der Waals surface area contributed by atoms with Gasteiger partial charge >= 0.3 is 0 Å². The summed E-state index contributed by atoms with van der Waals surface area (Å²) in [4.78, 5) is 2.16. The molecule has 0 spiro atoms. The minimum atomic E-state index is 0.724. The molecule has 0 atom stereocenters. The molecule has 0 amide bonds. The molecular weight excluding hydrogens is 232 g/mol. The lowest BCUT2D eigenvalue weighted by Crippen LogP contribution is -2.10. The van der Waals surface area contributed by atoms with Crippen LogP contribution in [0.4, 0.5) is 5.69 Å². The van der Waals surface area contributed by atoms with Crippen LogP contribution in [0.5, 0.6) is 0 Å². The highest BCUT2D eigenvalue weighted by molar-refractivity contribution is 7.03. The Morgan fingerprint density at radius 2 is 2.24 bits per heavy atom. The van der Waals surface area contributed by atoms with E-state index < -0.39 is 0 Å². The van der Waals surface area contributed by atoms with Crippen LogP contribution in [0.15, 0.2) is 29.6 Å². The molecule has 2 rings (SSSR count). The molecule has 0 saturated heterocycles. The van der Waals surface area contributed by atoms with Crippen molar-refractivity contribution in [1.82, 2.24) is 14.5 Å². The maximum Gasteiger partial charge on any atom is 0.0946 e. The van der Waals surface area contributed by atoms with E-state index in [-0.39, 0.29) is 0 Å². The van der Waals surface area contributed by atoms with Crippen molar-refractivity contribution in [2.24, 2.45) is 0 Å². The Morgan fingerprint density at radius 1 is 1.35 bits per heavy atom. The lowest BCUT2D eigenvalue weighted by molar-refractivity contribution is 0.402. The number of hydrogen-bond acceptors (Lipinski definition) is 5. The van der Waals surface area contributed by atoms with Crippen LogP contribution in [0.25, 0.3) is 0 Å². The van der Waals surface area contributed by atoms with Gasteiger partial charge in [0.2, 0.25) is 0 Å². The van der Waals surface area contributed by atoms with Gasteiger partial charge in [-0.15, -0.1) is 5.10 Å². The molecule has 17 heavy (non-hydrogen) atoms. The summed E-state index contributed by atoms with van der Waals surface area (Å²) in [6.07, 6.45) is 0. The van der Waals surface area contributed by atoms with Gasteiger partial charge in [0, 0.05) is 17.6 Å². The molecule has 1 aromatic carbocycles. The average Bonchev–Trinajstić information content (AvgIpc) is 2.79. The van der Waals surface area contributed by atoms with Gasteiger partial charge in [0.15, 0.2) is 0 Å². The third kappa shape index (κ3) is 3.80. The van der Waals surface area contributed by atoms with E-state index in [1.165, 1.54) is 17.1 Å². The standard InChI is InChI=1S/C12H16N4S/c1-16(2)8-10-4-3-5-11(6-10)13-7-12-9-17-15-14-12/h3-6,9,13H,7-8H2,1-2H3. The fourth-order valence-electron chi connectivity index (χ4n) is 1.60. The van der Waals surface area contributed by atoms with Gasteiger partial charge in [-0.3, -0.25) is 0 Å². The van der Waals surface area contributed by atoms with Gasteiger partial charge in [-0.25, -0.2) is 0 Å². The van der Waals surface area contributed by atoms with Crippen molar-refractivity contribution < 1.29 is 0 Å². The molecule has 0 bridgehead atoms. The summed E-state index contributed by atoms with van der Waals surface area (Å²) in [5.41, 5.74) is 3.40. The number of rotatable bonds is 5. The second kappa shape index (κ2) is 5.75. The van der Waals surface area contributed by atoms with Crippen molar-refractivity contribution in [1.29, 1.82) is 0 Å². The van der Waals surface area contributed by atoms with Crippen LogP contribution in [0.1, 0.15) is 11.3 Å². The Balaban J connectivity index is 1.96. The van der Waals surface area contributed by atoms with Crippen LogP contribution in [0.2, 0.25) is 0 Å². The summed E-state index contributed by atoms with van der Waals surface area (Å²) < 4.78 is 3.84. The second-order valence-corrected chi connectivity index (χ2v) is 4.80. The largest absolute Gasteiger partial charge is 0.379 e. The first-order valence-electron chi connectivity index (χ1n) is 5.47. The highest BCUT2D eigenvalue weighted by Gasteiger charge is 1.99. The van der Waals surface area contributed by atoms with Crippen LogP contribution >= 0.6 is 11.5 Å². The van der Waals surface area contributed by atoms with E-state index >= 15 is 0 Å². The number of nitrogens with one attached hydrogen (secondary N) is 1. The topological polar surface area (TPSA) is 41.0 Å². The molecule has 1 heterocycles. The van der Waals surface area contributed by atoms with Crippen molar-refractivity contribution in [2.45, 2.75) is 13.1 Å². The van der Waals surface area contributed by atoms with Crippen molar-refractivity contribution >= 4 is 17.2 Å². The van der Waals surface area contributed by atoms with E-state index in [4.69, 9.17) is 0 Å². The quantitative estimate of drug-likeness (QED) is 0.881. The smallest absolute Gasteiger partial charge is 0.0946 e. The van der Waals surface area contributed by atoms with Gasteiger partial charge in [-0.1, -0.05) is 16.6 Å². The summed E-state index contributed by atoms with van der Waals surface area (Å²) in [7, 11) is 4.14. The van der Waals surface area contributed by atoms with E-state index in [9.17, 15) is 0 Å². The molecule has 5 heteroatoms. The van der Waals surface area contributed by atoms with Crippen molar-refractivity contribution in [3.8, 4) is 0 Å². The molecule has 0 unspecified atom stereocenters. The van der Waals surface area contributed by atoms with Crippen LogP contribution in [0, 0.1) is 0 Å². The number of anilines is 1. The summed E-state index contributed by atoms with van der Waals surface area (Å²) >= 11 is 1.38. The Labute approximate surface area is 105 Å². The second-order valence-electron chi connectivity index (χ2n) is 4.19. The summed E-state index contributed by atoms with van der Waals surface area (Å²) in [6.45, 7) is 1.68. The first kappa shape index (κ1) is 12.0. The molecule has 0 saturated carbocycles. The molecular formula is C12H16N4S. The highest BCUT2D eigenvalue weighted by Crippen LogP contribution is 2.12. The van der Waals surface area contributed by atoms with Crippen LogP contribution in [-0.4, -0.2) is 28.6 Å². The maximum atomic E-state index is 4.00. The number of nitrogens with zero attached hydrogens (tertiary/aromatic N) is 3. The minimum Gasteiger partial charge on any atom is -0.379 e. The van der Waals surface area contributed by atoms with Gasteiger partial charge in [-0.05, 0) is 43.3 Å². The number of hydrogen-bond donors (Lipinski definition) is 1. The number of benzene rings is 1. The third-order valence-electron chi connectivity index (χ3n) is 2.30. The Hall–Kier alpha value is -1.46. The summed E-state index contributed by atoms with van der Waals surface area (Å²) in [6, 6.07) is 8.44. The highest BCUT2D eigenvalue weighted by atomic mass is 32.1. The predicted molar refractivity (Wildman–Crippen MR) is 71.1 cm³/mol. The molecule has 1 aromatic heterocycles. The van der Waals surface area contributed by atoms with E-state index in [1.54, 1.807) is 0 Å². The molecule has 2 aromatic rings. The molecule has 0 aliphatic carbocycles. The monoisotopic (exact) mass is 248 g/mol. The fourth-order valence-corrected chi connectivity index (χ4v) is 2.05. The Kier molecular flexibility index (Phi) is 4.06. The average molecular weight is 248 g/mol. The van der Waals surface area contributed by atoms with Crippen LogP contribution in [0.3, 0.4) is 0 Å². The SMILES string of the molecule is CN(C)Cc1cccc(NCc2csnn2)c1. The number of aromatic nitrogens is 2. The van der Waals surface area contributed by atoms with Gasteiger partial charge in [-0.2, -0.15) is 0 Å². The van der Waals surface area contributed by atoms with E-state index in [1.807, 2.05) is 5.38 Å². The predicted octanol–water partition coefficient (Wildman–Crippen LogP) is 2.21. The van der Waals surface area contributed by atoms with Gasteiger partial charge < -0.3 is 10.2 Å². The lowest BCUT2D eigenvalue weighted by Gasteiger charge is -2.11. The molecule has 90 valence electrons. The van der Waals surface area contributed by atoms with E-state index in [0.717, 1.165) is 24.5 Å². The lowest BCUT2D eigenvalue weighted by atomic mass is 10.2. The fraction of sp³-hybridized carbons (Fsp3) is 0.333. The van der Waals surface area contributed by atoms with E-state index in [0.29, 0.717) is 0 Å². The zero-order chi connectivity index (χ0) is 12.1. The molecule has 1 N–H and O–H groups in total. The third-order valence-corrected chi connectivity index (χ3v) is 2.86. The summed E-state index contributed by atoms with van der Waals surface area (Å²) in [5, 5.41) is 9.30. The van der Waals surface area contributed by atoms with Gasteiger partial charge in [0.1, 0.15) is 0 Å². The Bertz CT molecular complexity index is 453. The molecule has 0 fully saturated rings. The molecule has 0 radical (unpaired) electrons. The van der Waals surface area contributed by atoms with Gasteiger partial charge in [0.05, 0.1) is 12.2 Å². The molecule has 4 nitrogen and oxygen atoms in total. The summed E-state index contributed by atoms with van der Waals surface area (Å²) in [5.74, 6) is 0. The first-order chi connectivity index (χ1) is 8.24. The zero-order valence-corrected chi connectivity index (χ0v) is 10.9. The van der Waals surface area contributed by atoms with Crippen molar-refractivity contribution in [3.05, 3.63) is 40.9 Å². The first-order valence-corrected chi connectivity index (χ1v) is 6.31. The van der Waals surface area contributed by atoms with Gasteiger partial charge in [0.25, 0.3) is 0 Å². The van der Waals surface area contributed by atoms with Crippen molar-refractivity contribution in [3.63, 3.8) is 0 Å². The Morgan fingerprint density at radius 3 is 2.94 bits per heavy atom. The van der Waals surface area contributed by atoms with E-state index in [2.05, 4.69) is 58.2 Å². The van der Waals surface area contributed by atoms with Crippen molar-refractivity contribution in [2.75, 3.05) is 19.4 Å². The molecule has 0 aliphatic rings. The maximum absolute atomic E-state index is 4.00. The zero-order valence-electron chi connectivity index (χ0n) is 10.1. The van der Waals surface area contributed by atoms with Crippen LogP contribution in [-0.2, 0) is 13.1 Å².